The fourth-order valence-corrected chi connectivity index (χ4v) is 2.86. The molecule has 0 aliphatic carbocycles. The summed E-state index contributed by atoms with van der Waals surface area (Å²) in [5.74, 6) is 0. The van der Waals surface area contributed by atoms with E-state index in [-0.39, 0.29) is 5.41 Å². The van der Waals surface area contributed by atoms with E-state index in [0.29, 0.717) is 0 Å². The summed E-state index contributed by atoms with van der Waals surface area (Å²) in [7, 11) is 0. The lowest BCUT2D eigenvalue weighted by Gasteiger charge is -2.33. The molecule has 2 aromatic rings. The molecule has 2 heterocycles. The number of hydrogen-bond acceptors (Lipinski definition) is 3. The van der Waals surface area contributed by atoms with Crippen molar-refractivity contribution >= 4 is 5.69 Å². The van der Waals surface area contributed by atoms with E-state index in [4.69, 9.17) is 0 Å². The van der Waals surface area contributed by atoms with Crippen LogP contribution in [0.5, 0.6) is 0 Å². The number of piperazine rings is 1. The molecule has 0 spiro atoms. The minimum atomic E-state index is 0.217. The number of rotatable bonds is 2. The Balaban J connectivity index is 1.64. The van der Waals surface area contributed by atoms with Crippen molar-refractivity contribution in [3.8, 4) is 0 Å². The first kappa shape index (κ1) is 14.8. The van der Waals surface area contributed by atoms with Gasteiger partial charge < -0.3 is 4.90 Å². The first-order valence-corrected chi connectivity index (χ1v) is 7.96. The standard InChI is InChI=1S/C18H25N4/c1-18(2,3)16-4-6-17(7-5-16)20-12-14-22(15-13-20)21-10-8-19-9-11-21/h4-11H,12-15H2,1-3H3/q+1. The lowest BCUT2D eigenvalue weighted by Crippen LogP contribution is -2.64. The smallest absolute Gasteiger partial charge is 0.217 e. The molecule has 0 saturated carbocycles. The second-order valence-electron chi connectivity index (χ2n) is 6.86. The number of nitrogens with zero attached hydrogens (tertiary/aromatic N) is 4. The van der Waals surface area contributed by atoms with E-state index in [0.717, 1.165) is 26.2 Å². The molecule has 22 heavy (non-hydrogen) atoms. The van der Waals surface area contributed by atoms with E-state index >= 15 is 0 Å². The monoisotopic (exact) mass is 297 g/mol. The van der Waals surface area contributed by atoms with Gasteiger partial charge in [0.2, 0.25) is 12.4 Å². The second-order valence-corrected chi connectivity index (χ2v) is 6.86. The third kappa shape index (κ3) is 3.21. The van der Waals surface area contributed by atoms with Crippen LogP contribution < -0.4 is 14.6 Å². The molecule has 1 aliphatic rings. The number of hydrogen-bond donors (Lipinski definition) is 0. The molecule has 116 valence electrons. The molecule has 4 nitrogen and oxygen atoms in total. The fraction of sp³-hybridized carbons (Fsp3) is 0.444. The van der Waals surface area contributed by atoms with Crippen LogP contribution in [0, 0.1) is 0 Å². The molecule has 0 atom stereocenters. The summed E-state index contributed by atoms with van der Waals surface area (Å²) in [6.07, 6.45) is 7.68. The Labute approximate surface area is 133 Å². The number of benzene rings is 1. The third-order valence-electron chi connectivity index (χ3n) is 4.29. The van der Waals surface area contributed by atoms with Crippen molar-refractivity contribution in [1.29, 1.82) is 0 Å². The van der Waals surface area contributed by atoms with Gasteiger partial charge >= 0.3 is 0 Å². The van der Waals surface area contributed by atoms with Gasteiger partial charge in [-0.3, -0.25) is 4.98 Å². The van der Waals surface area contributed by atoms with Gasteiger partial charge in [-0.05, 0) is 23.1 Å². The summed E-state index contributed by atoms with van der Waals surface area (Å²) >= 11 is 0. The van der Waals surface area contributed by atoms with Crippen LogP contribution in [0.15, 0.2) is 49.1 Å². The van der Waals surface area contributed by atoms with E-state index in [9.17, 15) is 0 Å². The normalized spacial score (nSPS) is 16.0. The van der Waals surface area contributed by atoms with Gasteiger partial charge in [0.05, 0.1) is 25.5 Å². The van der Waals surface area contributed by atoms with Crippen LogP contribution in [-0.4, -0.2) is 31.2 Å². The summed E-state index contributed by atoms with van der Waals surface area (Å²) < 4.78 is 2.13. The molecule has 0 unspecified atom stereocenters. The largest absolute Gasteiger partial charge is 0.368 e. The maximum atomic E-state index is 4.07. The molecular formula is C18H25N4+. The highest BCUT2D eigenvalue weighted by Crippen LogP contribution is 2.25. The van der Waals surface area contributed by atoms with Gasteiger partial charge in [0.15, 0.2) is 0 Å². The molecule has 0 bridgehead atoms. The second kappa shape index (κ2) is 5.95. The molecule has 0 N–H and O–H groups in total. The minimum absolute atomic E-state index is 0.217. The lowest BCUT2D eigenvalue weighted by atomic mass is 9.87. The Morgan fingerprint density at radius 1 is 0.909 bits per heavy atom. The topological polar surface area (TPSA) is 23.2 Å². The average Bonchev–Trinajstić information content (AvgIpc) is 2.55. The summed E-state index contributed by atoms with van der Waals surface area (Å²) in [5.41, 5.74) is 2.93. The van der Waals surface area contributed by atoms with Gasteiger partial charge in [0.1, 0.15) is 0 Å². The Morgan fingerprint density at radius 2 is 1.50 bits per heavy atom. The van der Waals surface area contributed by atoms with Crippen LogP contribution in [0.1, 0.15) is 26.3 Å². The summed E-state index contributed by atoms with van der Waals surface area (Å²) in [6, 6.07) is 9.05. The highest BCUT2D eigenvalue weighted by Gasteiger charge is 2.22. The van der Waals surface area contributed by atoms with Crippen LogP contribution in [0.2, 0.25) is 0 Å². The van der Waals surface area contributed by atoms with Crippen molar-refractivity contribution in [2.45, 2.75) is 26.2 Å². The maximum absolute atomic E-state index is 4.07. The molecule has 1 aliphatic heterocycles. The van der Waals surface area contributed by atoms with Crippen molar-refractivity contribution in [2.75, 3.05) is 36.1 Å². The lowest BCUT2D eigenvalue weighted by molar-refractivity contribution is -0.694. The fourth-order valence-electron chi connectivity index (χ4n) is 2.86. The van der Waals surface area contributed by atoms with Gasteiger partial charge in [-0.15, -0.1) is 0 Å². The third-order valence-corrected chi connectivity index (χ3v) is 4.29. The van der Waals surface area contributed by atoms with Crippen molar-refractivity contribution < 1.29 is 4.68 Å². The van der Waals surface area contributed by atoms with E-state index in [1.165, 1.54) is 11.3 Å². The Kier molecular flexibility index (Phi) is 4.01. The zero-order chi connectivity index (χ0) is 15.6. The van der Waals surface area contributed by atoms with Crippen LogP contribution in [0.3, 0.4) is 0 Å². The molecule has 1 aromatic heterocycles. The molecule has 1 fully saturated rings. The average molecular weight is 297 g/mol. The predicted octanol–water partition coefficient (Wildman–Crippen LogP) is 2.12. The Bertz CT molecular complexity index is 593. The van der Waals surface area contributed by atoms with Crippen LogP contribution in [-0.2, 0) is 5.41 Å². The first-order chi connectivity index (χ1) is 10.5. The summed E-state index contributed by atoms with van der Waals surface area (Å²) in [5, 5.41) is 2.35. The Hall–Kier alpha value is -2.10. The summed E-state index contributed by atoms with van der Waals surface area (Å²) in [6.45, 7) is 10.9. The van der Waals surface area contributed by atoms with E-state index in [1.807, 2.05) is 24.8 Å². The molecule has 4 heteroatoms. The van der Waals surface area contributed by atoms with Gasteiger partial charge in [0.25, 0.3) is 0 Å². The first-order valence-electron chi connectivity index (χ1n) is 7.96. The van der Waals surface area contributed by atoms with Crippen molar-refractivity contribution in [1.82, 2.24) is 4.98 Å². The van der Waals surface area contributed by atoms with Crippen LogP contribution in [0.4, 0.5) is 5.69 Å². The Morgan fingerprint density at radius 3 is 2.05 bits per heavy atom. The minimum Gasteiger partial charge on any atom is -0.368 e. The SMILES string of the molecule is CC(C)(C)c1ccc(N2CCN([n+]3ccncc3)CC2)cc1. The van der Waals surface area contributed by atoms with Gasteiger partial charge in [0, 0.05) is 18.8 Å². The zero-order valence-electron chi connectivity index (χ0n) is 13.7. The van der Waals surface area contributed by atoms with Gasteiger partial charge in [-0.2, -0.15) is 5.01 Å². The van der Waals surface area contributed by atoms with E-state index < -0.39 is 0 Å². The predicted molar refractivity (Wildman–Crippen MR) is 89.7 cm³/mol. The van der Waals surface area contributed by atoms with Gasteiger partial charge in [-0.25, -0.2) is 0 Å². The van der Waals surface area contributed by atoms with Crippen molar-refractivity contribution in [2.24, 2.45) is 0 Å². The quantitative estimate of drug-likeness (QED) is 0.793. The van der Waals surface area contributed by atoms with Crippen molar-refractivity contribution in [3.05, 3.63) is 54.6 Å². The van der Waals surface area contributed by atoms with Crippen LogP contribution in [0.25, 0.3) is 0 Å². The highest BCUT2D eigenvalue weighted by atomic mass is 15.6. The molecule has 1 saturated heterocycles. The number of anilines is 1. The van der Waals surface area contributed by atoms with Gasteiger partial charge in [-0.1, -0.05) is 37.6 Å². The van der Waals surface area contributed by atoms with E-state index in [2.05, 4.69) is 64.6 Å². The number of aromatic nitrogens is 2. The zero-order valence-corrected chi connectivity index (χ0v) is 13.7. The molecule has 0 radical (unpaired) electrons. The maximum Gasteiger partial charge on any atom is 0.217 e. The summed E-state index contributed by atoms with van der Waals surface area (Å²) in [4.78, 5) is 6.54. The van der Waals surface area contributed by atoms with Crippen LogP contribution >= 0.6 is 0 Å². The molecule has 0 amide bonds. The molecule has 1 aromatic carbocycles. The molecule has 3 rings (SSSR count). The molecular weight excluding hydrogens is 272 g/mol. The van der Waals surface area contributed by atoms with E-state index in [1.54, 1.807) is 0 Å². The highest BCUT2D eigenvalue weighted by molar-refractivity contribution is 5.49. The van der Waals surface area contributed by atoms with Crippen molar-refractivity contribution in [3.63, 3.8) is 0 Å².